The molecule has 0 aliphatic carbocycles. The molecule has 0 aliphatic rings. The predicted molar refractivity (Wildman–Crippen MR) is 118 cm³/mol. The normalized spacial score (nSPS) is 13.0. The quantitative estimate of drug-likeness (QED) is 0.154. The molecule has 0 fully saturated rings. The fourth-order valence-electron chi connectivity index (χ4n) is 3.06. The molecule has 0 aromatic carbocycles. The van der Waals surface area contributed by atoms with Crippen LogP contribution < -0.4 is 0 Å². The van der Waals surface area contributed by atoms with Crippen molar-refractivity contribution in [3.05, 3.63) is 12.2 Å². The third kappa shape index (κ3) is 12.8. The first kappa shape index (κ1) is 24.8. The average Bonchev–Trinajstić information content (AvgIpc) is 2.46. The first-order valence-electron chi connectivity index (χ1n) is 9.83. The Kier molecular flexibility index (Phi) is 10.8. The molecule has 0 N–H and O–H groups in total. The van der Waals surface area contributed by atoms with Crippen molar-refractivity contribution in [2.45, 2.75) is 96.6 Å². The Hall–Kier alpha value is -0.179. The first-order chi connectivity index (χ1) is 11.3. The summed E-state index contributed by atoms with van der Waals surface area (Å²) in [6, 6.07) is 5.08. The summed E-state index contributed by atoms with van der Waals surface area (Å²) in [4.78, 5) is 11.4. The summed E-state index contributed by atoms with van der Waals surface area (Å²) in [5.74, 6) is -0.263. The molecule has 0 atom stereocenters. The molecule has 0 bridgehead atoms. The van der Waals surface area contributed by atoms with E-state index in [-0.39, 0.29) is 5.97 Å². The smallest absolute Gasteiger partial charge is 0.333 e. The van der Waals surface area contributed by atoms with E-state index in [2.05, 4.69) is 52.8 Å². The van der Waals surface area contributed by atoms with Crippen molar-refractivity contribution in [2.24, 2.45) is 0 Å². The highest BCUT2D eigenvalue weighted by molar-refractivity contribution is 6.86. The van der Waals surface area contributed by atoms with Crippen molar-refractivity contribution in [2.75, 3.05) is 6.61 Å². The van der Waals surface area contributed by atoms with E-state index in [1.54, 1.807) is 6.92 Å². The van der Waals surface area contributed by atoms with Crippen LogP contribution in [0.15, 0.2) is 12.2 Å². The maximum Gasteiger partial charge on any atom is 0.333 e. The van der Waals surface area contributed by atoms with Gasteiger partial charge in [-0.25, -0.2) is 4.79 Å². The minimum Gasteiger partial charge on any atom is -0.462 e. The molecular weight excluding hydrogens is 360 g/mol. The Labute approximate surface area is 159 Å². The molecule has 148 valence electrons. The first-order valence-corrected chi connectivity index (χ1v) is 19.5. The topological polar surface area (TPSA) is 35.5 Å². The van der Waals surface area contributed by atoms with Crippen LogP contribution in [0.3, 0.4) is 0 Å². The van der Waals surface area contributed by atoms with Crippen molar-refractivity contribution >= 4 is 30.7 Å². The Morgan fingerprint density at radius 2 is 1.44 bits per heavy atom. The monoisotopic (exact) mass is 402 g/mol. The molecule has 3 nitrogen and oxygen atoms in total. The van der Waals surface area contributed by atoms with Gasteiger partial charge >= 0.3 is 5.97 Å². The van der Waals surface area contributed by atoms with Gasteiger partial charge in [0.1, 0.15) is 0 Å². The lowest BCUT2D eigenvalue weighted by atomic mass is 10.4. The summed E-state index contributed by atoms with van der Waals surface area (Å²) < 4.78 is 11.9. The second kappa shape index (κ2) is 10.8. The molecule has 0 spiro atoms. The summed E-state index contributed by atoms with van der Waals surface area (Å²) in [7, 11) is -4.34. The van der Waals surface area contributed by atoms with E-state index in [0.29, 0.717) is 12.2 Å². The Morgan fingerprint density at radius 3 is 1.96 bits per heavy atom. The minimum absolute atomic E-state index is 0.263. The van der Waals surface area contributed by atoms with Gasteiger partial charge in [-0.2, -0.15) is 0 Å². The molecule has 0 heterocycles. The van der Waals surface area contributed by atoms with Crippen molar-refractivity contribution in [3.63, 3.8) is 0 Å². The Balaban J connectivity index is 4.27. The summed E-state index contributed by atoms with van der Waals surface area (Å²) in [6.45, 7) is 22.6. The van der Waals surface area contributed by atoms with Crippen LogP contribution >= 0.6 is 0 Å². The maximum atomic E-state index is 11.4. The van der Waals surface area contributed by atoms with E-state index in [1.165, 1.54) is 37.0 Å². The van der Waals surface area contributed by atoms with E-state index >= 15 is 0 Å². The zero-order valence-corrected chi connectivity index (χ0v) is 21.1. The molecule has 0 saturated carbocycles. The van der Waals surface area contributed by atoms with Crippen LogP contribution in [-0.2, 0) is 13.6 Å². The highest BCUT2D eigenvalue weighted by Crippen LogP contribution is 2.29. The van der Waals surface area contributed by atoms with Crippen molar-refractivity contribution in [1.82, 2.24) is 0 Å². The van der Waals surface area contributed by atoms with E-state index < -0.39 is 24.7 Å². The second-order valence-corrected chi connectivity index (χ2v) is 23.6. The molecule has 0 aromatic heterocycles. The van der Waals surface area contributed by atoms with Gasteiger partial charge in [0.25, 0.3) is 0 Å². The molecule has 0 amide bonds. The number of hydrogen-bond donors (Lipinski definition) is 0. The van der Waals surface area contributed by atoms with Crippen LogP contribution in [0.4, 0.5) is 0 Å². The number of unbranched alkanes of at least 4 members (excludes halogenated alkanes) is 1. The van der Waals surface area contributed by atoms with E-state index in [9.17, 15) is 4.79 Å². The molecule has 0 unspecified atom stereocenters. The zero-order valence-electron chi connectivity index (χ0n) is 18.1. The van der Waals surface area contributed by atoms with Gasteiger partial charge < -0.3 is 8.85 Å². The van der Waals surface area contributed by atoms with Crippen molar-refractivity contribution in [3.8, 4) is 0 Å². The van der Waals surface area contributed by atoms with Crippen LogP contribution in [0.5, 0.6) is 0 Å². The fraction of sp³-hybridized carbons (Fsp3) is 0.842. The average molecular weight is 403 g/mol. The summed E-state index contributed by atoms with van der Waals surface area (Å²) >= 11 is 0. The van der Waals surface area contributed by atoms with Gasteiger partial charge in [-0.3, -0.25) is 0 Å². The van der Waals surface area contributed by atoms with Gasteiger partial charge in [-0.05, 0) is 51.6 Å². The minimum atomic E-state index is -1.58. The van der Waals surface area contributed by atoms with Crippen molar-refractivity contribution < 1.29 is 13.6 Å². The van der Waals surface area contributed by atoms with Gasteiger partial charge in [0.05, 0.1) is 6.61 Å². The number of carbonyl (C=O) groups is 1. The zero-order chi connectivity index (χ0) is 19.7. The van der Waals surface area contributed by atoms with Gasteiger partial charge in [-0.15, -0.1) is 0 Å². The van der Waals surface area contributed by atoms with Gasteiger partial charge in [0.2, 0.25) is 0 Å². The van der Waals surface area contributed by atoms with Crippen LogP contribution in [-0.4, -0.2) is 37.3 Å². The van der Waals surface area contributed by atoms with Gasteiger partial charge in [-0.1, -0.05) is 51.5 Å². The number of rotatable bonds is 13. The molecule has 0 rings (SSSR count). The molecule has 6 heteroatoms. The number of ether oxygens (including phenoxy) is 1. The lowest BCUT2D eigenvalue weighted by Gasteiger charge is -2.36. The molecule has 0 saturated heterocycles. The highest BCUT2D eigenvalue weighted by atomic mass is 28.4. The third-order valence-corrected chi connectivity index (χ3v) is 15.9. The largest absolute Gasteiger partial charge is 0.462 e. The molecular formula is C19H42O3Si3. The number of esters is 1. The predicted octanol–water partition coefficient (Wildman–Crippen LogP) is 6.43. The molecule has 0 radical (unpaired) electrons. The maximum absolute atomic E-state index is 11.4. The Morgan fingerprint density at radius 1 is 0.880 bits per heavy atom. The van der Waals surface area contributed by atoms with Crippen LogP contribution in [0, 0.1) is 0 Å². The second-order valence-electron chi connectivity index (χ2n) is 9.41. The lowest BCUT2D eigenvalue weighted by molar-refractivity contribution is -0.138. The van der Waals surface area contributed by atoms with Crippen LogP contribution in [0.1, 0.15) is 33.1 Å². The summed E-state index contributed by atoms with van der Waals surface area (Å²) in [6.07, 6.45) is 3.53. The molecule has 0 aliphatic heterocycles. The van der Waals surface area contributed by atoms with Gasteiger partial charge in [0.15, 0.2) is 16.6 Å². The lowest BCUT2D eigenvalue weighted by Crippen LogP contribution is -2.45. The fourth-order valence-corrected chi connectivity index (χ4v) is 17.5. The van der Waals surface area contributed by atoms with Crippen LogP contribution in [0.2, 0.25) is 63.5 Å². The summed E-state index contributed by atoms with van der Waals surface area (Å²) in [5.41, 5.74) is 0.483. The molecule has 25 heavy (non-hydrogen) atoms. The highest BCUT2D eigenvalue weighted by Gasteiger charge is 2.34. The third-order valence-electron chi connectivity index (χ3n) is 4.67. The van der Waals surface area contributed by atoms with E-state index in [1.807, 2.05) is 0 Å². The number of hydrogen-bond acceptors (Lipinski definition) is 3. The van der Waals surface area contributed by atoms with E-state index in [4.69, 9.17) is 8.85 Å². The number of carbonyl (C=O) groups excluding carboxylic acids is 1. The molecule has 0 aromatic rings. The van der Waals surface area contributed by atoms with Gasteiger partial charge in [0, 0.05) is 13.6 Å². The van der Waals surface area contributed by atoms with E-state index in [0.717, 1.165) is 6.42 Å². The summed E-state index contributed by atoms with van der Waals surface area (Å²) in [5, 5.41) is 0. The standard InChI is InChI=1S/C19H42O3Si3/c1-10-11-15-24(6,7)22-25(8,9)17-16-23(4,5)14-12-13-21-19(20)18(2)3/h2,10-17H2,1,3-9H3. The Bertz CT molecular complexity index is 432. The van der Waals surface area contributed by atoms with Crippen molar-refractivity contribution in [1.29, 1.82) is 0 Å². The SMILES string of the molecule is C=C(C)C(=O)OCCC[Si](C)(C)CC[Si](C)(C)O[Si](C)(C)CCCC. The van der Waals surface area contributed by atoms with Crippen LogP contribution in [0.25, 0.3) is 0 Å².